The van der Waals surface area contributed by atoms with E-state index in [2.05, 4.69) is 4.98 Å². The molecule has 0 saturated heterocycles. The molecule has 2 rings (SSSR count). The maximum atomic E-state index is 12.5. The van der Waals surface area contributed by atoms with Crippen molar-refractivity contribution in [2.75, 3.05) is 13.7 Å². The number of carbonyl (C=O) groups is 1. The minimum absolute atomic E-state index is 0.0192. The number of ether oxygens (including phenoxy) is 4. The lowest BCUT2D eigenvalue weighted by atomic mass is 10.3. The van der Waals surface area contributed by atoms with Crippen LogP contribution in [0.15, 0.2) is 42.6 Å². The first-order chi connectivity index (χ1) is 13.2. The van der Waals surface area contributed by atoms with Crippen LogP contribution in [0.2, 0.25) is 0 Å². The van der Waals surface area contributed by atoms with Crippen LogP contribution in [-0.4, -0.2) is 36.9 Å². The predicted octanol–water partition coefficient (Wildman–Crippen LogP) is 4.24. The van der Waals surface area contributed by atoms with Gasteiger partial charge in [-0.1, -0.05) is 0 Å². The topological polar surface area (TPSA) is 66.9 Å². The van der Waals surface area contributed by atoms with E-state index >= 15 is 0 Å². The van der Waals surface area contributed by atoms with E-state index < -0.39 is 29.9 Å². The van der Waals surface area contributed by atoms with Gasteiger partial charge in [0, 0.05) is 19.4 Å². The number of methoxy groups -OCH3 is 1. The lowest BCUT2D eigenvalue weighted by molar-refractivity contribution is -0.158. The van der Waals surface area contributed by atoms with Crippen molar-refractivity contribution in [2.24, 2.45) is 0 Å². The number of alkyl halides is 3. The zero-order valence-corrected chi connectivity index (χ0v) is 15.5. The molecule has 0 spiro atoms. The summed E-state index contributed by atoms with van der Waals surface area (Å²) in [4.78, 5) is 15.6. The van der Waals surface area contributed by atoms with E-state index in [0.29, 0.717) is 17.7 Å². The molecular weight excluding hydrogens is 379 g/mol. The third-order valence-electron chi connectivity index (χ3n) is 3.47. The van der Waals surface area contributed by atoms with E-state index in [1.165, 1.54) is 7.11 Å². The van der Waals surface area contributed by atoms with Gasteiger partial charge in [-0.25, -0.2) is 9.78 Å². The van der Waals surface area contributed by atoms with E-state index in [1.54, 1.807) is 38.1 Å². The molecule has 0 bridgehead atoms. The van der Waals surface area contributed by atoms with Gasteiger partial charge in [0.25, 0.3) is 0 Å². The highest BCUT2D eigenvalue weighted by molar-refractivity contribution is 5.74. The third kappa shape index (κ3) is 6.41. The van der Waals surface area contributed by atoms with Gasteiger partial charge in [-0.3, -0.25) is 0 Å². The first kappa shape index (κ1) is 21.5. The number of hydrogen-bond donors (Lipinski definition) is 0. The molecule has 0 aliphatic carbocycles. The molecule has 0 fully saturated rings. The van der Waals surface area contributed by atoms with Crippen molar-refractivity contribution < 1.29 is 36.9 Å². The maximum Gasteiger partial charge on any atom is 0.417 e. The van der Waals surface area contributed by atoms with Gasteiger partial charge >= 0.3 is 12.1 Å². The minimum Gasteiger partial charge on any atom is -0.479 e. The molecule has 2 atom stereocenters. The van der Waals surface area contributed by atoms with Gasteiger partial charge in [-0.2, -0.15) is 13.2 Å². The number of nitrogens with zero attached hydrogens (tertiary/aromatic N) is 1. The molecular formula is C19H20F3NO5. The standard InChI is InChI=1S/C19H20F3NO5/c1-12(11-25-3)26-18(24)13(2)27-15-5-7-16(8-6-15)28-17-9-4-14(10-23-17)19(20,21)22/h4-10,12-13H,11H2,1-3H3. The van der Waals surface area contributed by atoms with Gasteiger partial charge in [-0.15, -0.1) is 0 Å². The summed E-state index contributed by atoms with van der Waals surface area (Å²) in [5.41, 5.74) is -0.857. The minimum atomic E-state index is -4.45. The molecule has 1 aromatic heterocycles. The summed E-state index contributed by atoms with van der Waals surface area (Å²) >= 11 is 0. The van der Waals surface area contributed by atoms with Crippen molar-refractivity contribution in [2.45, 2.75) is 32.2 Å². The van der Waals surface area contributed by atoms with Crippen LogP contribution in [0.4, 0.5) is 13.2 Å². The lowest BCUT2D eigenvalue weighted by Gasteiger charge is -2.17. The number of rotatable bonds is 8. The van der Waals surface area contributed by atoms with E-state index in [0.717, 1.165) is 12.1 Å². The van der Waals surface area contributed by atoms with Gasteiger partial charge in [0.2, 0.25) is 5.88 Å². The summed E-state index contributed by atoms with van der Waals surface area (Å²) in [5, 5.41) is 0. The highest BCUT2D eigenvalue weighted by Crippen LogP contribution is 2.30. The van der Waals surface area contributed by atoms with Gasteiger partial charge in [0.1, 0.15) is 17.6 Å². The summed E-state index contributed by atoms with van der Waals surface area (Å²) < 4.78 is 58.5. The molecule has 0 aliphatic heterocycles. The molecule has 152 valence electrons. The zero-order valence-electron chi connectivity index (χ0n) is 15.5. The van der Waals surface area contributed by atoms with Gasteiger partial charge in [0.15, 0.2) is 6.10 Å². The molecule has 0 aliphatic rings. The van der Waals surface area contributed by atoms with E-state index in [9.17, 15) is 18.0 Å². The van der Waals surface area contributed by atoms with Gasteiger partial charge in [-0.05, 0) is 44.2 Å². The largest absolute Gasteiger partial charge is 0.479 e. The molecule has 0 N–H and O–H groups in total. The van der Waals surface area contributed by atoms with Gasteiger partial charge < -0.3 is 18.9 Å². The Bertz CT molecular complexity index is 763. The molecule has 0 radical (unpaired) electrons. The number of aromatic nitrogens is 1. The zero-order chi connectivity index (χ0) is 20.7. The van der Waals surface area contributed by atoms with Crippen LogP contribution in [0, 0.1) is 0 Å². The summed E-state index contributed by atoms with van der Waals surface area (Å²) in [7, 11) is 1.51. The first-order valence-corrected chi connectivity index (χ1v) is 8.36. The summed E-state index contributed by atoms with van der Waals surface area (Å²) in [6.07, 6.45) is -4.98. The maximum absolute atomic E-state index is 12.5. The number of hydrogen-bond acceptors (Lipinski definition) is 6. The SMILES string of the molecule is COCC(C)OC(=O)C(C)Oc1ccc(Oc2ccc(C(F)(F)F)cn2)cc1. The Labute approximate surface area is 160 Å². The number of carbonyl (C=O) groups excluding carboxylic acids is 1. The number of esters is 1. The molecule has 0 amide bonds. The fraction of sp³-hybridized carbons (Fsp3) is 0.368. The van der Waals surface area contributed by atoms with E-state index in [1.807, 2.05) is 0 Å². The molecule has 2 unspecified atom stereocenters. The molecule has 6 nitrogen and oxygen atoms in total. The van der Waals surface area contributed by atoms with Crippen molar-refractivity contribution in [1.29, 1.82) is 0 Å². The smallest absolute Gasteiger partial charge is 0.417 e. The van der Waals surface area contributed by atoms with Crippen LogP contribution in [0.3, 0.4) is 0 Å². The van der Waals surface area contributed by atoms with Crippen molar-refractivity contribution in [3.8, 4) is 17.4 Å². The van der Waals surface area contributed by atoms with Crippen LogP contribution < -0.4 is 9.47 Å². The quantitative estimate of drug-likeness (QED) is 0.619. The van der Waals surface area contributed by atoms with Crippen LogP contribution in [0.5, 0.6) is 17.4 Å². The molecule has 0 saturated carbocycles. The Morgan fingerprint density at radius 3 is 2.25 bits per heavy atom. The Morgan fingerprint density at radius 1 is 1.07 bits per heavy atom. The van der Waals surface area contributed by atoms with Crippen molar-refractivity contribution >= 4 is 5.97 Å². The number of pyridine rings is 1. The Kier molecular flexibility index (Phi) is 7.22. The Hall–Kier alpha value is -2.81. The number of halogens is 3. The van der Waals surface area contributed by atoms with E-state index in [-0.39, 0.29) is 12.5 Å². The van der Waals surface area contributed by atoms with Crippen molar-refractivity contribution in [3.63, 3.8) is 0 Å². The molecule has 2 aromatic rings. The average Bonchev–Trinajstić information content (AvgIpc) is 2.63. The molecule has 9 heteroatoms. The summed E-state index contributed by atoms with van der Waals surface area (Å²) in [5.74, 6) is 0.240. The van der Waals surface area contributed by atoms with Crippen LogP contribution in [0.1, 0.15) is 19.4 Å². The fourth-order valence-electron chi connectivity index (χ4n) is 2.13. The Morgan fingerprint density at radius 2 is 1.71 bits per heavy atom. The second-order valence-corrected chi connectivity index (χ2v) is 5.92. The molecule has 1 heterocycles. The van der Waals surface area contributed by atoms with Crippen molar-refractivity contribution in [3.05, 3.63) is 48.2 Å². The fourth-order valence-corrected chi connectivity index (χ4v) is 2.13. The van der Waals surface area contributed by atoms with Crippen molar-refractivity contribution in [1.82, 2.24) is 4.98 Å². The normalized spacial score (nSPS) is 13.5. The molecule has 1 aromatic carbocycles. The van der Waals surface area contributed by atoms with Crippen LogP contribution >= 0.6 is 0 Å². The lowest BCUT2D eigenvalue weighted by Crippen LogP contribution is -2.30. The highest BCUT2D eigenvalue weighted by Gasteiger charge is 2.30. The predicted molar refractivity (Wildman–Crippen MR) is 93.3 cm³/mol. The number of benzene rings is 1. The average molecular weight is 399 g/mol. The Balaban J connectivity index is 1.91. The second kappa shape index (κ2) is 9.41. The summed E-state index contributed by atoms with van der Waals surface area (Å²) in [6.45, 7) is 3.54. The monoisotopic (exact) mass is 399 g/mol. The first-order valence-electron chi connectivity index (χ1n) is 8.36. The second-order valence-electron chi connectivity index (χ2n) is 5.92. The van der Waals surface area contributed by atoms with Crippen LogP contribution in [-0.2, 0) is 20.4 Å². The summed E-state index contributed by atoms with van der Waals surface area (Å²) in [6, 6.07) is 8.22. The van der Waals surface area contributed by atoms with E-state index in [4.69, 9.17) is 18.9 Å². The highest BCUT2D eigenvalue weighted by atomic mass is 19.4. The van der Waals surface area contributed by atoms with Gasteiger partial charge in [0.05, 0.1) is 12.2 Å². The third-order valence-corrected chi connectivity index (χ3v) is 3.47. The van der Waals surface area contributed by atoms with Crippen LogP contribution in [0.25, 0.3) is 0 Å². The molecule has 28 heavy (non-hydrogen) atoms.